The van der Waals surface area contributed by atoms with Crippen molar-refractivity contribution in [3.8, 4) is 0 Å². The highest BCUT2D eigenvalue weighted by Gasteiger charge is 2.34. The monoisotopic (exact) mass is 290 g/mol. The number of primary amides is 1. The summed E-state index contributed by atoms with van der Waals surface area (Å²) in [7, 11) is 0. The summed E-state index contributed by atoms with van der Waals surface area (Å²) in [5.74, 6) is -0.748. The van der Waals surface area contributed by atoms with Gasteiger partial charge in [-0.3, -0.25) is 4.79 Å². The lowest BCUT2D eigenvalue weighted by Gasteiger charge is -2.13. The molecule has 0 saturated heterocycles. The fourth-order valence-corrected chi connectivity index (χ4v) is 3.37. The van der Waals surface area contributed by atoms with Crippen LogP contribution in [0.4, 0.5) is 13.2 Å². The summed E-state index contributed by atoms with van der Waals surface area (Å²) >= 11 is 1.22. The third-order valence-corrected chi connectivity index (χ3v) is 4.34. The van der Waals surface area contributed by atoms with Crippen molar-refractivity contribution in [3.05, 3.63) is 23.4 Å². The fraction of sp³-hybridized carbons (Fsp3) is 0.500. The van der Waals surface area contributed by atoms with E-state index >= 15 is 0 Å². The maximum absolute atomic E-state index is 12.6. The minimum atomic E-state index is -4.51. The van der Waals surface area contributed by atoms with Gasteiger partial charge in [0.25, 0.3) is 5.91 Å². The first-order chi connectivity index (χ1) is 8.88. The summed E-state index contributed by atoms with van der Waals surface area (Å²) in [6, 6.07) is 1.90. The molecule has 0 spiro atoms. The van der Waals surface area contributed by atoms with Gasteiger partial charge < -0.3 is 5.73 Å². The molecule has 2 rings (SSSR count). The van der Waals surface area contributed by atoms with Crippen molar-refractivity contribution in [1.29, 1.82) is 0 Å². The molecule has 1 aliphatic rings. The molecule has 1 amide bonds. The standard InChI is InChI=1S/C12H13F3N2OS/c13-12(14,15)9-6-5-8(10(16)18)11(17-9)19-7-3-1-2-4-7/h5-7H,1-4H2,(H2,16,18). The van der Waals surface area contributed by atoms with Crippen molar-refractivity contribution in [3.63, 3.8) is 0 Å². The van der Waals surface area contributed by atoms with Gasteiger partial charge in [0.2, 0.25) is 0 Å². The average molecular weight is 290 g/mol. The van der Waals surface area contributed by atoms with Gasteiger partial charge >= 0.3 is 6.18 Å². The van der Waals surface area contributed by atoms with Gasteiger partial charge in [-0.2, -0.15) is 13.2 Å². The summed E-state index contributed by atoms with van der Waals surface area (Å²) in [5.41, 5.74) is 4.25. The number of carbonyl (C=O) groups excluding carboxylic acids is 1. The molecule has 0 unspecified atom stereocenters. The molecular formula is C12H13F3N2OS. The molecule has 1 aromatic rings. The van der Waals surface area contributed by atoms with Crippen molar-refractivity contribution >= 4 is 17.7 Å². The van der Waals surface area contributed by atoms with Crippen LogP contribution in [0.5, 0.6) is 0 Å². The molecule has 0 radical (unpaired) electrons. The second kappa shape index (κ2) is 5.40. The zero-order valence-electron chi connectivity index (χ0n) is 10.0. The van der Waals surface area contributed by atoms with Gasteiger partial charge in [0, 0.05) is 5.25 Å². The second-order valence-electron chi connectivity index (χ2n) is 4.44. The summed E-state index contributed by atoms with van der Waals surface area (Å²) < 4.78 is 37.9. The van der Waals surface area contributed by atoms with E-state index in [1.165, 1.54) is 11.8 Å². The van der Waals surface area contributed by atoms with E-state index in [9.17, 15) is 18.0 Å². The summed E-state index contributed by atoms with van der Waals surface area (Å²) in [4.78, 5) is 14.8. The predicted octanol–water partition coefficient (Wildman–Crippen LogP) is 3.23. The zero-order valence-corrected chi connectivity index (χ0v) is 10.9. The smallest absolute Gasteiger partial charge is 0.366 e. The lowest BCUT2D eigenvalue weighted by molar-refractivity contribution is -0.141. The largest absolute Gasteiger partial charge is 0.433 e. The van der Waals surface area contributed by atoms with Crippen LogP contribution in [0.15, 0.2) is 17.2 Å². The number of hydrogen-bond donors (Lipinski definition) is 1. The van der Waals surface area contributed by atoms with E-state index in [0.29, 0.717) is 0 Å². The van der Waals surface area contributed by atoms with Gasteiger partial charge in [0.05, 0.1) is 5.56 Å². The highest BCUT2D eigenvalue weighted by atomic mass is 32.2. The number of nitrogens with zero attached hydrogens (tertiary/aromatic N) is 1. The Hall–Kier alpha value is -1.24. The molecule has 1 aliphatic carbocycles. The molecule has 104 valence electrons. The Morgan fingerprint density at radius 1 is 1.32 bits per heavy atom. The first-order valence-electron chi connectivity index (χ1n) is 5.92. The molecule has 0 aliphatic heterocycles. The van der Waals surface area contributed by atoms with E-state index in [4.69, 9.17) is 5.73 Å². The second-order valence-corrected chi connectivity index (χ2v) is 5.72. The fourth-order valence-electron chi connectivity index (χ4n) is 2.04. The highest BCUT2D eigenvalue weighted by molar-refractivity contribution is 7.99. The van der Waals surface area contributed by atoms with Crippen LogP contribution in [-0.4, -0.2) is 16.1 Å². The molecule has 0 atom stereocenters. The number of halogens is 3. The maximum Gasteiger partial charge on any atom is 0.433 e. The summed E-state index contributed by atoms with van der Waals surface area (Å²) in [6.45, 7) is 0. The van der Waals surface area contributed by atoms with Gasteiger partial charge in [-0.05, 0) is 25.0 Å². The van der Waals surface area contributed by atoms with Crippen LogP contribution in [-0.2, 0) is 6.18 Å². The van der Waals surface area contributed by atoms with Crippen LogP contribution in [0, 0.1) is 0 Å². The van der Waals surface area contributed by atoms with Crippen LogP contribution in [0.3, 0.4) is 0 Å². The van der Waals surface area contributed by atoms with Crippen molar-refractivity contribution in [1.82, 2.24) is 4.98 Å². The molecular weight excluding hydrogens is 277 g/mol. The summed E-state index contributed by atoms with van der Waals surface area (Å²) in [5, 5.41) is 0.309. The Balaban J connectivity index is 2.32. The molecule has 2 N–H and O–H groups in total. The summed E-state index contributed by atoms with van der Waals surface area (Å²) in [6.07, 6.45) is -0.534. The molecule has 1 fully saturated rings. The highest BCUT2D eigenvalue weighted by Crippen LogP contribution is 2.37. The van der Waals surface area contributed by atoms with Gasteiger partial charge in [0.15, 0.2) is 0 Å². The number of rotatable bonds is 3. The molecule has 1 heterocycles. The lowest BCUT2D eigenvalue weighted by atomic mass is 10.2. The van der Waals surface area contributed by atoms with Gasteiger partial charge in [-0.25, -0.2) is 4.98 Å². The molecule has 3 nitrogen and oxygen atoms in total. The number of carbonyl (C=O) groups is 1. The van der Waals surface area contributed by atoms with Crippen LogP contribution in [0.25, 0.3) is 0 Å². The Morgan fingerprint density at radius 3 is 2.47 bits per heavy atom. The van der Waals surface area contributed by atoms with Crippen molar-refractivity contribution in [2.75, 3.05) is 0 Å². The van der Waals surface area contributed by atoms with E-state index in [1.54, 1.807) is 0 Å². The van der Waals surface area contributed by atoms with E-state index in [-0.39, 0.29) is 15.8 Å². The van der Waals surface area contributed by atoms with E-state index in [0.717, 1.165) is 37.8 Å². The van der Waals surface area contributed by atoms with Crippen LogP contribution < -0.4 is 5.73 Å². The third kappa shape index (κ3) is 3.40. The van der Waals surface area contributed by atoms with E-state index < -0.39 is 17.8 Å². The van der Waals surface area contributed by atoms with E-state index in [1.807, 2.05) is 0 Å². The molecule has 7 heteroatoms. The molecule has 1 saturated carbocycles. The normalized spacial score (nSPS) is 16.8. The topological polar surface area (TPSA) is 56.0 Å². The van der Waals surface area contributed by atoms with Gasteiger partial charge in [0.1, 0.15) is 10.7 Å². The molecule has 1 aromatic heterocycles. The van der Waals surface area contributed by atoms with E-state index in [2.05, 4.69) is 4.98 Å². The Bertz CT molecular complexity index is 484. The molecule has 19 heavy (non-hydrogen) atoms. The Kier molecular flexibility index (Phi) is 4.03. The van der Waals surface area contributed by atoms with Crippen molar-refractivity contribution in [2.24, 2.45) is 5.73 Å². The number of hydrogen-bond acceptors (Lipinski definition) is 3. The van der Waals surface area contributed by atoms with Crippen LogP contribution >= 0.6 is 11.8 Å². The number of nitrogens with two attached hydrogens (primary N) is 1. The zero-order chi connectivity index (χ0) is 14.0. The van der Waals surface area contributed by atoms with Gasteiger partial charge in [-0.15, -0.1) is 11.8 Å². The number of thioether (sulfide) groups is 1. The van der Waals surface area contributed by atoms with Crippen LogP contribution in [0.2, 0.25) is 0 Å². The number of aromatic nitrogens is 1. The first-order valence-corrected chi connectivity index (χ1v) is 6.80. The SMILES string of the molecule is NC(=O)c1ccc(C(F)(F)F)nc1SC1CCCC1. The third-order valence-electron chi connectivity index (χ3n) is 3.00. The Morgan fingerprint density at radius 2 is 1.95 bits per heavy atom. The first kappa shape index (κ1) is 14.2. The number of pyridine rings is 1. The predicted molar refractivity (Wildman–Crippen MR) is 65.9 cm³/mol. The average Bonchev–Trinajstić information content (AvgIpc) is 2.80. The van der Waals surface area contributed by atoms with Crippen LogP contribution in [0.1, 0.15) is 41.7 Å². The minimum Gasteiger partial charge on any atom is -0.366 e. The molecule has 0 bridgehead atoms. The minimum absolute atomic E-state index is 0.0601. The molecule has 0 aromatic carbocycles. The maximum atomic E-state index is 12.6. The lowest BCUT2D eigenvalue weighted by Crippen LogP contribution is -2.16. The van der Waals surface area contributed by atoms with Crippen molar-refractivity contribution in [2.45, 2.75) is 42.1 Å². The van der Waals surface area contributed by atoms with Crippen molar-refractivity contribution < 1.29 is 18.0 Å². The number of amides is 1. The Labute approximate surface area is 112 Å². The van der Waals surface area contributed by atoms with Gasteiger partial charge in [-0.1, -0.05) is 12.8 Å². The quantitative estimate of drug-likeness (QED) is 0.929. The number of alkyl halides is 3.